The van der Waals surface area contributed by atoms with Gasteiger partial charge in [-0.2, -0.15) is 0 Å². The number of hydrogen-bond acceptors (Lipinski definition) is 3. The zero-order valence-corrected chi connectivity index (χ0v) is 12.1. The highest BCUT2D eigenvalue weighted by atomic mass is 79.9. The lowest BCUT2D eigenvalue weighted by atomic mass is 10.00. The quantitative estimate of drug-likeness (QED) is 0.908. The van der Waals surface area contributed by atoms with Gasteiger partial charge in [0, 0.05) is 23.5 Å². The van der Waals surface area contributed by atoms with E-state index in [0.717, 1.165) is 35.9 Å². The number of aliphatic hydroxyl groups is 1. The maximum Gasteiger partial charge on any atom is 0.0582 e. The first-order valence-corrected chi connectivity index (χ1v) is 7.42. The zero-order chi connectivity index (χ0) is 12.8. The minimum atomic E-state index is -0.299. The molecule has 2 atom stereocenters. The van der Waals surface area contributed by atoms with Crippen molar-refractivity contribution in [2.45, 2.75) is 50.7 Å². The summed E-state index contributed by atoms with van der Waals surface area (Å²) >= 11 is 3.39. The molecule has 4 heteroatoms. The predicted molar refractivity (Wildman–Crippen MR) is 74.5 cm³/mol. The van der Waals surface area contributed by atoms with Gasteiger partial charge in [0.05, 0.1) is 12.2 Å². The minimum Gasteiger partial charge on any atom is -0.393 e. The Morgan fingerprint density at radius 2 is 2.33 bits per heavy atom. The number of nitrogens with zero attached hydrogens (tertiary/aromatic N) is 1. The third-order valence-electron chi connectivity index (χ3n) is 3.33. The van der Waals surface area contributed by atoms with Gasteiger partial charge in [0.25, 0.3) is 0 Å². The molecule has 18 heavy (non-hydrogen) atoms. The molecule has 100 valence electrons. The van der Waals surface area contributed by atoms with Crippen LogP contribution in [0.4, 0.5) is 0 Å². The molecule has 0 bridgehead atoms. The predicted octanol–water partition coefficient (Wildman–Crippen LogP) is 3.10. The van der Waals surface area contributed by atoms with Gasteiger partial charge in [-0.25, -0.2) is 0 Å². The van der Waals surface area contributed by atoms with Crippen LogP contribution in [0.1, 0.15) is 37.7 Å². The molecule has 0 aliphatic carbocycles. The van der Waals surface area contributed by atoms with Crippen LogP contribution in [0, 0.1) is 0 Å². The average Bonchev–Trinajstić information content (AvgIpc) is 2.38. The van der Waals surface area contributed by atoms with E-state index in [4.69, 9.17) is 4.74 Å². The van der Waals surface area contributed by atoms with Crippen LogP contribution < -0.4 is 0 Å². The van der Waals surface area contributed by atoms with Crippen molar-refractivity contribution < 1.29 is 9.84 Å². The molecule has 0 radical (unpaired) electrons. The van der Waals surface area contributed by atoms with Gasteiger partial charge in [-0.15, -0.1) is 0 Å². The van der Waals surface area contributed by atoms with Gasteiger partial charge in [0.1, 0.15) is 0 Å². The van der Waals surface area contributed by atoms with Crippen LogP contribution in [0.15, 0.2) is 22.9 Å². The van der Waals surface area contributed by atoms with Crippen LogP contribution in [-0.2, 0) is 11.2 Å². The molecule has 0 aromatic carbocycles. The molecular weight excluding hydrogens is 294 g/mol. The van der Waals surface area contributed by atoms with Gasteiger partial charge in [-0.05, 0) is 66.1 Å². The second-order valence-corrected chi connectivity index (χ2v) is 5.85. The van der Waals surface area contributed by atoms with Crippen molar-refractivity contribution in [1.82, 2.24) is 4.98 Å². The SMILES string of the molecule is OC(CCC1CCCCO1)Cc1cncc(Br)c1. The maximum absolute atomic E-state index is 10.0. The number of rotatable bonds is 5. The lowest BCUT2D eigenvalue weighted by molar-refractivity contribution is 0.00234. The van der Waals surface area contributed by atoms with Gasteiger partial charge < -0.3 is 9.84 Å². The first kappa shape index (κ1) is 14.0. The van der Waals surface area contributed by atoms with Crippen LogP contribution in [-0.4, -0.2) is 28.9 Å². The van der Waals surface area contributed by atoms with Crippen molar-refractivity contribution in [2.24, 2.45) is 0 Å². The Kier molecular flexibility index (Phi) is 5.60. The van der Waals surface area contributed by atoms with Crippen molar-refractivity contribution in [3.8, 4) is 0 Å². The largest absolute Gasteiger partial charge is 0.393 e. The van der Waals surface area contributed by atoms with Crippen molar-refractivity contribution in [3.05, 3.63) is 28.5 Å². The molecule has 1 N–H and O–H groups in total. The van der Waals surface area contributed by atoms with Crippen molar-refractivity contribution in [1.29, 1.82) is 0 Å². The van der Waals surface area contributed by atoms with E-state index in [1.54, 1.807) is 6.20 Å². The summed E-state index contributed by atoms with van der Waals surface area (Å²) in [5.74, 6) is 0. The Bertz CT molecular complexity index is 367. The first-order valence-electron chi connectivity index (χ1n) is 6.63. The molecule has 0 spiro atoms. The molecule has 1 aliphatic rings. The summed E-state index contributed by atoms with van der Waals surface area (Å²) in [5, 5.41) is 10.0. The van der Waals surface area contributed by atoms with Crippen LogP contribution in [0.5, 0.6) is 0 Å². The Hall–Kier alpha value is -0.450. The highest BCUT2D eigenvalue weighted by Crippen LogP contribution is 2.19. The molecule has 1 fully saturated rings. The smallest absolute Gasteiger partial charge is 0.0582 e. The van der Waals surface area contributed by atoms with Gasteiger partial charge in [-0.1, -0.05) is 0 Å². The molecule has 1 aromatic rings. The van der Waals surface area contributed by atoms with Crippen LogP contribution in [0.3, 0.4) is 0 Å². The lowest BCUT2D eigenvalue weighted by Crippen LogP contribution is -2.21. The van der Waals surface area contributed by atoms with Gasteiger partial charge >= 0.3 is 0 Å². The molecule has 0 amide bonds. The van der Waals surface area contributed by atoms with Crippen molar-refractivity contribution in [3.63, 3.8) is 0 Å². The molecule has 1 saturated heterocycles. The number of aromatic nitrogens is 1. The third kappa shape index (κ3) is 4.67. The van der Waals surface area contributed by atoms with E-state index in [1.807, 2.05) is 12.3 Å². The Balaban J connectivity index is 1.72. The first-order chi connectivity index (χ1) is 8.74. The maximum atomic E-state index is 10.0. The monoisotopic (exact) mass is 313 g/mol. The van der Waals surface area contributed by atoms with Crippen LogP contribution >= 0.6 is 15.9 Å². The van der Waals surface area contributed by atoms with E-state index in [1.165, 1.54) is 12.8 Å². The number of pyridine rings is 1. The minimum absolute atomic E-state index is 0.299. The Labute approximate surface area is 117 Å². The number of aliphatic hydroxyl groups excluding tert-OH is 1. The fraction of sp³-hybridized carbons (Fsp3) is 0.643. The van der Waals surface area contributed by atoms with E-state index in [2.05, 4.69) is 20.9 Å². The number of ether oxygens (including phenoxy) is 1. The van der Waals surface area contributed by atoms with Gasteiger partial charge in [0.15, 0.2) is 0 Å². The molecule has 1 aliphatic heterocycles. The topological polar surface area (TPSA) is 42.4 Å². The van der Waals surface area contributed by atoms with E-state index in [9.17, 15) is 5.11 Å². The van der Waals surface area contributed by atoms with E-state index in [-0.39, 0.29) is 6.10 Å². The van der Waals surface area contributed by atoms with E-state index >= 15 is 0 Å². The molecular formula is C14H20BrNO2. The van der Waals surface area contributed by atoms with E-state index in [0.29, 0.717) is 12.5 Å². The number of halogens is 1. The standard InChI is InChI=1S/C14H20BrNO2/c15-12-7-11(9-16-10-12)8-13(17)4-5-14-3-1-2-6-18-14/h7,9-10,13-14,17H,1-6,8H2. The van der Waals surface area contributed by atoms with Crippen molar-refractivity contribution >= 4 is 15.9 Å². The number of hydrogen-bond donors (Lipinski definition) is 1. The molecule has 0 saturated carbocycles. The zero-order valence-electron chi connectivity index (χ0n) is 10.5. The third-order valence-corrected chi connectivity index (χ3v) is 3.76. The summed E-state index contributed by atoms with van der Waals surface area (Å²) in [6, 6.07) is 2.01. The summed E-state index contributed by atoms with van der Waals surface area (Å²) in [5.41, 5.74) is 1.07. The van der Waals surface area contributed by atoms with Crippen LogP contribution in [0.2, 0.25) is 0 Å². The molecule has 2 unspecified atom stereocenters. The van der Waals surface area contributed by atoms with Crippen LogP contribution in [0.25, 0.3) is 0 Å². The van der Waals surface area contributed by atoms with Gasteiger partial charge in [-0.3, -0.25) is 4.98 Å². The lowest BCUT2D eigenvalue weighted by Gasteiger charge is -2.23. The summed E-state index contributed by atoms with van der Waals surface area (Å²) < 4.78 is 6.63. The average molecular weight is 314 g/mol. The highest BCUT2D eigenvalue weighted by Gasteiger charge is 2.15. The summed E-state index contributed by atoms with van der Waals surface area (Å²) in [6.07, 6.45) is 9.64. The normalized spacial score (nSPS) is 21.8. The second-order valence-electron chi connectivity index (χ2n) is 4.94. The Morgan fingerprint density at radius 1 is 1.44 bits per heavy atom. The van der Waals surface area contributed by atoms with Crippen molar-refractivity contribution in [2.75, 3.05) is 6.61 Å². The summed E-state index contributed by atoms with van der Waals surface area (Å²) in [7, 11) is 0. The second kappa shape index (κ2) is 7.22. The molecule has 2 heterocycles. The molecule has 3 nitrogen and oxygen atoms in total. The molecule has 2 rings (SSSR count). The Morgan fingerprint density at radius 3 is 3.06 bits per heavy atom. The highest BCUT2D eigenvalue weighted by molar-refractivity contribution is 9.10. The summed E-state index contributed by atoms with van der Waals surface area (Å²) in [6.45, 7) is 0.885. The fourth-order valence-electron chi connectivity index (χ4n) is 2.35. The van der Waals surface area contributed by atoms with E-state index < -0.39 is 0 Å². The summed E-state index contributed by atoms with van der Waals surface area (Å²) in [4.78, 5) is 4.10. The van der Waals surface area contributed by atoms with Gasteiger partial charge in [0.2, 0.25) is 0 Å². The molecule has 1 aromatic heterocycles. The fourth-order valence-corrected chi connectivity index (χ4v) is 2.77.